The summed E-state index contributed by atoms with van der Waals surface area (Å²) < 4.78 is 0. The van der Waals surface area contributed by atoms with Gasteiger partial charge in [-0.25, -0.2) is 4.98 Å². The van der Waals surface area contributed by atoms with Crippen molar-refractivity contribution in [1.82, 2.24) is 25.4 Å². The second-order valence-electron chi connectivity index (χ2n) is 13.6. The summed E-state index contributed by atoms with van der Waals surface area (Å²) in [5.74, 6) is -1.83. The van der Waals surface area contributed by atoms with Gasteiger partial charge >= 0.3 is 5.97 Å². The number of carboxylic acid groups (broad SMARTS) is 1. The van der Waals surface area contributed by atoms with Crippen molar-refractivity contribution in [2.45, 2.75) is 110 Å². The first-order valence-corrected chi connectivity index (χ1v) is 18.0. The maximum Gasteiger partial charge on any atom is 0.306 e. The summed E-state index contributed by atoms with van der Waals surface area (Å²) in [6.07, 6.45) is 5.74. The average molecular weight is 670 g/mol. The number of nitrogens with zero attached hydrogens (tertiary/aromatic N) is 3. The van der Waals surface area contributed by atoms with E-state index in [1.54, 1.807) is 17.2 Å². The van der Waals surface area contributed by atoms with Crippen molar-refractivity contribution < 1.29 is 24.3 Å². The van der Waals surface area contributed by atoms with E-state index in [4.69, 9.17) is 0 Å². The predicted molar refractivity (Wildman–Crippen MR) is 186 cm³/mol. The first-order valence-electron chi connectivity index (χ1n) is 17.1. The lowest BCUT2D eigenvalue weighted by atomic mass is 9.93. The third-order valence-electron chi connectivity index (χ3n) is 9.62. The highest BCUT2D eigenvalue weighted by Gasteiger charge is 2.35. The van der Waals surface area contributed by atoms with Crippen molar-refractivity contribution in [3.05, 3.63) is 52.0 Å². The van der Waals surface area contributed by atoms with Gasteiger partial charge in [-0.05, 0) is 63.1 Å². The van der Waals surface area contributed by atoms with Crippen LogP contribution in [0.15, 0.2) is 35.7 Å². The number of aliphatic carboxylic acids is 1. The van der Waals surface area contributed by atoms with E-state index in [0.717, 1.165) is 42.8 Å². The smallest absolute Gasteiger partial charge is 0.306 e. The summed E-state index contributed by atoms with van der Waals surface area (Å²) in [5, 5.41) is 18.1. The van der Waals surface area contributed by atoms with Gasteiger partial charge in [-0.15, -0.1) is 11.3 Å². The molecule has 0 unspecified atom stereocenters. The fourth-order valence-corrected chi connectivity index (χ4v) is 7.17. The highest BCUT2D eigenvalue weighted by Crippen LogP contribution is 2.23. The van der Waals surface area contributed by atoms with Crippen molar-refractivity contribution in [2.24, 2.45) is 17.8 Å². The number of aromatic nitrogens is 1. The summed E-state index contributed by atoms with van der Waals surface area (Å²) in [6, 6.07) is 8.45. The molecule has 260 valence electrons. The number of rotatable bonds is 17. The predicted octanol–water partition coefficient (Wildman–Crippen LogP) is 5.03. The standard InChI is InChI=1S/C36H55N5O5S/c1-8-24(4)32(39-34(43)30-16-12-13-19-40(30)6)35(44)41(7)29(23(2)3)17-18-31-38-28(22-47-31)33(42)37-27(20-25(5)36(45)46)21-26-14-10-9-11-15-26/h9-11,14-15,22-25,27,29-30,32H,8,12-13,16-21H2,1-7H3,(H,37,42)(H,39,43)(H,45,46)/t24-,25-,27+,29+,30+,32-/m0/s1. The first-order chi connectivity index (χ1) is 22.3. The molecule has 10 nitrogen and oxygen atoms in total. The SMILES string of the molecule is CC[C@H](C)[C@H](NC(=O)[C@H]1CCCCN1C)C(=O)N(C)[C@H](CCc1nc(C(=O)N[C@@H](Cc2ccccc2)C[C@H](C)C(=O)O)cs1)C(C)C. The molecule has 3 amide bonds. The zero-order valence-electron chi connectivity index (χ0n) is 29.2. The number of aryl methyl sites for hydroxylation is 1. The summed E-state index contributed by atoms with van der Waals surface area (Å²) in [6.45, 7) is 10.8. The second kappa shape index (κ2) is 18.3. The molecule has 0 radical (unpaired) electrons. The zero-order valence-corrected chi connectivity index (χ0v) is 30.0. The van der Waals surface area contributed by atoms with Crippen LogP contribution in [0.5, 0.6) is 0 Å². The molecular formula is C36H55N5O5S. The number of carbonyl (C=O) groups is 4. The summed E-state index contributed by atoms with van der Waals surface area (Å²) in [7, 11) is 3.80. The number of hydrogen-bond acceptors (Lipinski definition) is 7. The van der Waals surface area contributed by atoms with Gasteiger partial charge in [0.1, 0.15) is 11.7 Å². The van der Waals surface area contributed by atoms with Crippen LogP contribution in [-0.4, -0.2) is 88.4 Å². The highest BCUT2D eigenvalue weighted by molar-refractivity contribution is 7.09. The lowest BCUT2D eigenvalue weighted by molar-refractivity contribution is -0.141. The Hall–Kier alpha value is -3.31. The molecule has 0 bridgehead atoms. The molecule has 11 heteroatoms. The van der Waals surface area contributed by atoms with E-state index in [9.17, 15) is 24.3 Å². The number of benzene rings is 1. The van der Waals surface area contributed by atoms with Gasteiger partial charge in [-0.2, -0.15) is 0 Å². The third-order valence-corrected chi connectivity index (χ3v) is 10.5. The van der Waals surface area contributed by atoms with Crippen LogP contribution in [-0.2, 0) is 27.2 Å². The minimum atomic E-state index is -0.897. The number of carbonyl (C=O) groups excluding carboxylic acids is 3. The first kappa shape index (κ1) is 38.1. The molecule has 1 aliphatic heterocycles. The number of nitrogens with one attached hydrogen (secondary N) is 2. The van der Waals surface area contributed by atoms with E-state index in [2.05, 4.69) is 34.4 Å². The molecule has 0 saturated carbocycles. The Morgan fingerprint density at radius 2 is 1.79 bits per heavy atom. The quantitative estimate of drug-likeness (QED) is 0.215. The van der Waals surface area contributed by atoms with Gasteiger partial charge in [0.2, 0.25) is 11.8 Å². The normalized spacial score (nSPS) is 18.5. The van der Waals surface area contributed by atoms with Gasteiger partial charge in [-0.1, -0.05) is 77.8 Å². The zero-order chi connectivity index (χ0) is 34.7. The van der Waals surface area contributed by atoms with Crippen molar-refractivity contribution in [3.8, 4) is 0 Å². The molecule has 0 spiro atoms. The number of hydrogen-bond donors (Lipinski definition) is 3. The van der Waals surface area contributed by atoms with E-state index in [1.165, 1.54) is 11.3 Å². The lowest BCUT2D eigenvalue weighted by Crippen LogP contribution is -2.57. The minimum absolute atomic E-state index is 0.0140. The van der Waals surface area contributed by atoms with E-state index >= 15 is 0 Å². The van der Waals surface area contributed by atoms with Crippen molar-refractivity contribution in [3.63, 3.8) is 0 Å². The number of carboxylic acids is 1. The van der Waals surface area contributed by atoms with Gasteiger partial charge in [0.05, 0.1) is 17.0 Å². The fourth-order valence-electron chi connectivity index (χ4n) is 6.38. The molecule has 1 aliphatic rings. The molecule has 47 heavy (non-hydrogen) atoms. The van der Waals surface area contributed by atoms with E-state index in [1.807, 2.05) is 58.3 Å². The summed E-state index contributed by atoms with van der Waals surface area (Å²) in [4.78, 5) is 60.5. The molecule has 1 fully saturated rings. The van der Waals surface area contributed by atoms with Crippen LogP contribution in [0.4, 0.5) is 0 Å². The maximum absolute atomic E-state index is 13.9. The van der Waals surface area contributed by atoms with E-state index in [0.29, 0.717) is 31.4 Å². The Morgan fingerprint density at radius 3 is 2.40 bits per heavy atom. The van der Waals surface area contributed by atoms with Gasteiger partial charge in [-0.3, -0.25) is 24.1 Å². The van der Waals surface area contributed by atoms with Gasteiger partial charge in [0.25, 0.3) is 5.91 Å². The molecule has 0 aliphatic carbocycles. The molecule has 3 N–H and O–H groups in total. The minimum Gasteiger partial charge on any atom is -0.481 e. The monoisotopic (exact) mass is 669 g/mol. The highest BCUT2D eigenvalue weighted by atomic mass is 32.1. The molecule has 1 saturated heterocycles. The molecule has 2 aromatic rings. The number of likely N-dealkylation sites (tertiary alicyclic amines) is 1. The molecule has 1 aromatic carbocycles. The van der Waals surface area contributed by atoms with Gasteiger partial charge in [0.15, 0.2) is 0 Å². The van der Waals surface area contributed by atoms with Crippen LogP contribution < -0.4 is 10.6 Å². The Morgan fingerprint density at radius 1 is 1.09 bits per heavy atom. The third kappa shape index (κ3) is 11.1. The van der Waals surface area contributed by atoms with E-state index < -0.39 is 17.9 Å². The van der Waals surface area contributed by atoms with Crippen LogP contribution in [0, 0.1) is 17.8 Å². The van der Waals surface area contributed by atoms with Crippen molar-refractivity contribution in [1.29, 1.82) is 0 Å². The number of piperidine rings is 1. The Labute approximate surface area is 284 Å². The lowest BCUT2D eigenvalue weighted by Gasteiger charge is -2.37. The van der Waals surface area contributed by atoms with Crippen LogP contribution >= 0.6 is 11.3 Å². The van der Waals surface area contributed by atoms with Gasteiger partial charge in [0, 0.05) is 30.9 Å². The molecule has 3 rings (SSSR count). The molecule has 1 aromatic heterocycles. The molecule has 6 atom stereocenters. The number of likely N-dealkylation sites (N-methyl/N-ethyl adjacent to an activating group) is 2. The number of amides is 3. The van der Waals surface area contributed by atoms with Crippen molar-refractivity contribution in [2.75, 3.05) is 20.6 Å². The van der Waals surface area contributed by atoms with E-state index in [-0.39, 0.29) is 47.7 Å². The maximum atomic E-state index is 13.9. The summed E-state index contributed by atoms with van der Waals surface area (Å²) >= 11 is 1.41. The molecule has 2 heterocycles. The van der Waals surface area contributed by atoms with Crippen LogP contribution in [0.3, 0.4) is 0 Å². The summed E-state index contributed by atoms with van der Waals surface area (Å²) in [5.41, 5.74) is 1.33. The Kier molecular flexibility index (Phi) is 14.8. The second-order valence-corrected chi connectivity index (χ2v) is 14.6. The number of thiazole rings is 1. The molecular weight excluding hydrogens is 614 g/mol. The Bertz CT molecular complexity index is 1320. The Balaban J connectivity index is 1.66. The van der Waals surface area contributed by atoms with Crippen LogP contribution in [0.25, 0.3) is 0 Å². The van der Waals surface area contributed by atoms with Crippen molar-refractivity contribution >= 4 is 35.0 Å². The van der Waals surface area contributed by atoms with Crippen LogP contribution in [0.2, 0.25) is 0 Å². The average Bonchev–Trinajstić information content (AvgIpc) is 3.52. The topological polar surface area (TPSA) is 132 Å². The largest absolute Gasteiger partial charge is 0.481 e. The fraction of sp³-hybridized carbons (Fsp3) is 0.639. The van der Waals surface area contributed by atoms with Gasteiger partial charge < -0.3 is 20.6 Å². The van der Waals surface area contributed by atoms with Crippen LogP contribution in [0.1, 0.15) is 94.2 Å².